The van der Waals surface area contributed by atoms with Crippen molar-refractivity contribution in [3.05, 3.63) is 0 Å². The summed E-state index contributed by atoms with van der Waals surface area (Å²) in [5.74, 6) is -2.86. The van der Waals surface area contributed by atoms with Crippen molar-refractivity contribution in [2.24, 2.45) is 11.5 Å². The number of aliphatic hydroxyl groups excluding tert-OH is 2. The van der Waals surface area contributed by atoms with Crippen molar-refractivity contribution >= 4 is 35.0 Å². The molecule has 0 bridgehead atoms. The molecule has 0 unspecified atom stereocenters. The molecule has 0 aliphatic heterocycles. The van der Waals surface area contributed by atoms with E-state index in [1.54, 1.807) is 0 Å². The Bertz CT molecular complexity index is 212. The van der Waals surface area contributed by atoms with Crippen molar-refractivity contribution in [1.29, 1.82) is 0 Å². The third-order valence-corrected chi connectivity index (χ3v) is 1.58. The van der Waals surface area contributed by atoms with Crippen LogP contribution in [0.2, 0.25) is 0 Å². The molecule has 0 aromatic heterocycles. The first-order valence-electron chi connectivity index (χ1n) is 4.40. The second-order valence-electron chi connectivity index (χ2n) is 3.17. The summed E-state index contributed by atoms with van der Waals surface area (Å²) in [6.07, 6.45) is -2.08. The number of carbonyl (C=O) groups is 2. The quantitative estimate of drug-likeness (QED) is 0.362. The summed E-state index contributed by atoms with van der Waals surface area (Å²) in [5, 5.41) is 36.4. The molecule has 96 valence electrons. The predicted molar refractivity (Wildman–Crippen MR) is 55.1 cm³/mol. The van der Waals surface area contributed by atoms with Gasteiger partial charge in [-0.25, -0.2) is 0 Å². The largest absolute Gasteiger partial charge is 2.00 e. The fraction of sp³-hybridized carbons (Fsp3) is 0.750. The molecule has 0 rings (SSSR count). The van der Waals surface area contributed by atoms with Gasteiger partial charge in [0.2, 0.25) is 0 Å². The molecule has 0 saturated carbocycles. The van der Waals surface area contributed by atoms with E-state index in [-0.39, 0.29) is 23.1 Å². The Labute approximate surface area is 115 Å². The van der Waals surface area contributed by atoms with Gasteiger partial charge in [0.1, 0.15) is 0 Å². The molecule has 0 amide bonds. The van der Waals surface area contributed by atoms with Crippen LogP contribution in [0.25, 0.3) is 0 Å². The number of aliphatic carboxylic acids is 2. The zero-order chi connectivity index (χ0) is 13.5. The third-order valence-electron chi connectivity index (χ3n) is 1.58. The summed E-state index contributed by atoms with van der Waals surface area (Å²) >= 11 is 0. The summed E-state index contributed by atoms with van der Waals surface area (Å²) < 4.78 is 0. The first-order valence-corrected chi connectivity index (χ1v) is 4.40. The van der Waals surface area contributed by atoms with E-state index in [1.807, 2.05) is 0 Å². The van der Waals surface area contributed by atoms with E-state index in [2.05, 4.69) is 0 Å². The van der Waals surface area contributed by atoms with Crippen molar-refractivity contribution in [1.82, 2.24) is 0 Å². The Hall–Kier alpha value is -0.454. The average Bonchev–Trinajstić information content (AvgIpc) is 2.15. The molecule has 0 spiro atoms. The minimum atomic E-state index is -1.43. The number of nitrogens with two attached hydrogens (primary N) is 2. The Kier molecular flexibility index (Phi) is 13.7. The number of rotatable bonds is 4. The molecule has 6 N–H and O–H groups in total. The summed E-state index contributed by atoms with van der Waals surface area (Å²) in [4.78, 5) is 19.5. The smallest absolute Gasteiger partial charge is 0.548 e. The Morgan fingerprint density at radius 3 is 1.12 bits per heavy atom. The van der Waals surface area contributed by atoms with Crippen LogP contribution in [0.15, 0.2) is 0 Å². The maximum absolute atomic E-state index is 9.74. The number of carbonyl (C=O) groups excluding carboxylic acids is 2. The normalized spacial score (nSPS) is 16.4. The molecule has 0 heterocycles. The van der Waals surface area contributed by atoms with Crippen LogP contribution in [0.1, 0.15) is 13.8 Å². The fourth-order valence-electron chi connectivity index (χ4n) is 0.394. The number of carboxylic acid groups (broad SMARTS) is 2. The van der Waals surface area contributed by atoms with Gasteiger partial charge in [-0.2, -0.15) is 0 Å². The molecular weight excluding hydrogens is 244 g/mol. The van der Waals surface area contributed by atoms with Crippen LogP contribution in [0, 0.1) is 0 Å². The molecule has 0 fully saturated rings. The third kappa shape index (κ3) is 11.8. The predicted octanol–water partition coefficient (Wildman–Crippen LogP) is -5.49. The monoisotopic (exact) mass is 260 g/mol. The molecule has 4 atom stereocenters. The van der Waals surface area contributed by atoms with Crippen LogP contribution in [0.5, 0.6) is 0 Å². The van der Waals surface area contributed by atoms with E-state index in [4.69, 9.17) is 21.7 Å². The van der Waals surface area contributed by atoms with Gasteiger partial charge in [0.05, 0.1) is 36.2 Å². The molecule has 8 nitrogen and oxygen atoms in total. The standard InChI is InChI=1S/2C4H9NO3.Mg/c2*1-2(6)3(5)4(7)8;/h2*2-3,6H,5H2,1H3,(H,7,8);/q;;+2/p-2/t2*2-,3+;/m11./s1. The van der Waals surface area contributed by atoms with Gasteiger partial charge in [0, 0.05) is 0 Å². The Balaban J connectivity index is -0.000000218. The Morgan fingerprint density at radius 1 is 0.941 bits per heavy atom. The number of hydrogen-bond acceptors (Lipinski definition) is 8. The topological polar surface area (TPSA) is 173 Å². The van der Waals surface area contributed by atoms with E-state index in [0.29, 0.717) is 0 Å². The van der Waals surface area contributed by atoms with Gasteiger partial charge in [-0.15, -0.1) is 0 Å². The molecule has 0 aliphatic carbocycles. The van der Waals surface area contributed by atoms with E-state index in [9.17, 15) is 19.8 Å². The van der Waals surface area contributed by atoms with Gasteiger partial charge in [-0.3, -0.25) is 0 Å². The Morgan fingerprint density at radius 2 is 1.12 bits per heavy atom. The summed E-state index contributed by atoms with van der Waals surface area (Å²) in [5.41, 5.74) is 9.69. The first kappa shape index (κ1) is 21.8. The maximum Gasteiger partial charge on any atom is 2.00 e. The average molecular weight is 261 g/mol. The summed E-state index contributed by atoms with van der Waals surface area (Å²) in [6.45, 7) is 2.58. The van der Waals surface area contributed by atoms with Crippen LogP contribution in [-0.4, -0.2) is 69.5 Å². The SMILES string of the molecule is C[C@@H](O)[C@H](N)C(=O)[O-].C[C@@H](O)[C@H](N)C(=O)[O-].[Mg+2]. The van der Waals surface area contributed by atoms with E-state index in [0.717, 1.165) is 0 Å². The van der Waals surface area contributed by atoms with Gasteiger partial charge in [-0.05, 0) is 13.8 Å². The minimum absolute atomic E-state index is 0. The van der Waals surface area contributed by atoms with Gasteiger partial charge >= 0.3 is 23.1 Å². The summed E-state index contributed by atoms with van der Waals surface area (Å²) in [7, 11) is 0. The van der Waals surface area contributed by atoms with Gasteiger partial charge in [-0.1, -0.05) is 0 Å². The van der Waals surface area contributed by atoms with Crippen LogP contribution < -0.4 is 21.7 Å². The molecule has 9 heteroatoms. The first-order chi connectivity index (χ1) is 7.11. The number of carboxylic acids is 2. The zero-order valence-corrected chi connectivity index (χ0v) is 11.1. The molecule has 0 aromatic rings. The van der Waals surface area contributed by atoms with Crippen LogP contribution in [0.4, 0.5) is 0 Å². The molecule has 0 aromatic carbocycles. The molecule has 0 aliphatic rings. The van der Waals surface area contributed by atoms with Crippen LogP contribution in [-0.2, 0) is 9.59 Å². The van der Waals surface area contributed by atoms with Crippen molar-refractivity contribution in [3.8, 4) is 0 Å². The van der Waals surface area contributed by atoms with E-state index < -0.39 is 36.2 Å². The van der Waals surface area contributed by atoms with Crippen molar-refractivity contribution in [3.63, 3.8) is 0 Å². The van der Waals surface area contributed by atoms with Crippen molar-refractivity contribution in [2.45, 2.75) is 38.1 Å². The molecule has 0 saturated heterocycles. The van der Waals surface area contributed by atoms with Crippen molar-refractivity contribution in [2.75, 3.05) is 0 Å². The van der Waals surface area contributed by atoms with Crippen LogP contribution >= 0.6 is 0 Å². The molecular formula is C8H16MgN2O6. The van der Waals surface area contributed by atoms with E-state index in [1.165, 1.54) is 13.8 Å². The van der Waals surface area contributed by atoms with Gasteiger partial charge in [0.15, 0.2) is 0 Å². The molecule has 17 heavy (non-hydrogen) atoms. The van der Waals surface area contributed by atoms with Gasteiger partial charge in [0.25, 0.3) is 0 Å². The maximum atomic E-state index is 9.74. The zero-order valence-electron chi connectivity index (χ0n) is 9.70. The van der Waals surface area contributed by atoms with Crippen molar-refractivity contribution < 1.29 is 30.0 Å². The fourth-order valence-corrected chi connectivity index (χ4v) is 0.394. The van der Waals surface area contributed by atoms with E-state index >= 15 is 0 Å². The van der Waals surface area contributed by atoms with Gasteiger partial charge < -0.3 is 41.5 Å². The number of aliphatic hydroxyl groups is 2. The number of hydrogen-bond donors (Lipinski definition) is 4. The van der Waals surface area contributed by atoms with Crippen LogP contribution in [0.3, 0.4) is 0 Å². The summed E-state index contributed by atoms with van der Waals surface area (Å²) in [6, 6.07) is -2.54. The second kappa shape index (κ2) is 10.7. The minimum Gasteiger partial charge on any atom is -0.548 e. The second-order valence-corrected chi connectivity index (χ2v) is 3.17. The molecule has 0 radical (unpaired) electrons.